The van der Waals surface area contributed by atoms with Gasteiger partial charge in [-0.3, -0.25) is 14.6 Å². The van der Waals surface area contributed by atoms with E-state index in [1.807, 2.05) is 11.8 Å². The van der Waals surface area contributed by atoms with Crippen molar-refractivity contribution >= 4 is 29.2 Å². The van der Waals surface area contributed by atoms with Crippen LogP contribution in [0.3, 0.4) is 0 Å². The van der Waals surface area contributed by atoms with Gasteiger partial charge < -0.3 is 5.11 Å². The highest BCUT2D eigenvalue weighted by Gasteiger charge is 2.25. The topological polar surface area (TPSA) is 43.8 Å². The van der Waals surface area contributed by atoms with Crippen molar-refractivity contribution in [2.45, 2.75) is 13.0 Å². The van der Waals surface area contributed by atoms with E-state index >= 15 is 0 Å². The molecule has 1 unspecified atom stereocenters. The molecular weight excluding hydrogens is 318 g/mol. The summed E-state index contributed by atoms with van der Waals surface area (Å²) in [4.78, 5) is 14.7. The molecule has 0 aliphatic carbocycles. The van der Waals surface area contributed by atoms with E-state index in [-0.39, 0.29) is 17.6 Å². The van der Waals surface area contributed by atoms with Crippen molar-refractivity contribution in [3.8, 4) is 0 Å². The molecule has 1 saturated heterocycles. The van der Waals surface area contributed by atoms with Crippen LogP contribution in [0.15, 0.2) is 12.1 Å². The summed E-state index contributed by atoms with van der Waals surface area (Å²) in [7, 11) is 0. The molecule has 7 heteroatoms. The summed E-state index contributed by atoms with van der Waals surface area (Å²) in [5.41, 5.74) is 0.699. The van der Waals surface area contributed by atoms with Gasteiger partial charge >= 0.3 is 5.97 Å². The molecule has 116 valence electrons. The second-order valence-corrected chi connectivity index (χ2v) is 5.98. The Kier molecular flexibility index (Phi) is 5.43. The molecule has 1 fully saturated rings. The van der Waals surface area contributed by atoms with Gasteiger partial charge in [0.25, 0.3) is 0 Å². The van der Waals surface area contributed by atoms with E-state index < -0.39 is 11.8 Å². The van der Waals surface area contributed by atoms with Gasteiger partial charge in [-0.2, -0.15) is 0 Å². The number of carboxylic acids is 1. The summed E-state index contributed by atoms with van der Waals surface area (Å²) < 4.78 is 13.6. The first-order valence-corrected chi connectivity index (χ1v) is 7.46. The molecule has 0 amide bonds. The molecule has 0 spiro atoms. The largest absolute Gasteiger partial charge is 0.480 e. The van der Waals surface area contributed by atoms with Crippen LogP contribution in [-0.2, 0) is 4.79 Å². The average molecular weight is 335 g/mol. The highest BCUT2D eigenvalue weighted by Crippen LogP contribution is 2.31. The second-order valence-electron chi connectivity index (χ2n) is 5.17. The number of hydrogen-bond acceptors (Lipinski definition) is 3. The van der Waals surface area contributed by atoms with Gasteiger partial charge in [-0.1, -0.05) is 23.2 Å². The standard InChI is InChI=1S/C14H17Cl2FN2O2/c1-9(10-6-13(17)12(16)7-11(10)15)19-4-2-18(3-5-19)8-14(20)21/h6-7,9H,2-5,8H2,1H3,(H,20,21). The van der Waals surface area contributed by atoms with E-state index in [1.54, 1.807) is 0 Å². The summed E-state index contributed by atoms with van der Waals surface area (Å²) >= 11 is 11.9. The molecule has 1 aromatic carbocycles. The summed E-state index contributed by atoms with van der Waals surface area (Å²) in [5.74, 6) is -1.30. The van der Waals surface area contributed by atoms with E-state index in [1.165, 1.54) is 12.1 Å². The van der Waals surface area contributed by atoms with Gasteiger partial charge in [-0.25, -0.2) is 4.39 Å². The Morgan fingerprint density at radius 3 is 2.48 bits per heavy atom. The van der Waals surface area contributed by atoms with Gasteiger partial charge in [-0.15, -0.1) is 0 Å². The van der Waals surface area contributed by atoms with Crippen LogP contribution in [0.2, 0.25) is 10.0 Å². The molecule has 1 N–H and O–H groups in total. The number of rotatable bonds is 4. The highest BCUT2D eigenvalue weighted by molar-refractivity contribution is 6.35. The number of piperazine rings is 1. The third kappa shape index (κ3) is 4.07. The van der Waals surface area contributed by atoms with Crippen molar-refractivity contribution in [3.05, 3.63) is 33.6 Å². The Morgan fingerprint density at radius 2 is 1.90 bits per heavy atom. The van der Waals surface area contributed by atoms with Gasteiger partial charge in [0, 0.05) is 37.2 Å². The van der Waals surface area contributed by atoms with Gasteiger partial charge in [-0.05, 0) is 24.6 Å². The zero-order valence-electron chi connectivity index (χ0n) is 11.7. The molecule has 4 nitrogen and oxygen atoms in total. The lowest BCUT2D eigenvalue weighted by Crippen LogP contribution is -2.48. The molecule has 1 aliphatic rings. The lowest BCUT2D eigenvalue weighted by Gasteiger charge is -2.37. The van der Waals surface area contributed by atoms with Crippen molar-refractivity contribution in [1.82, 2.24) is 9.80 Å². The van der Waals surface area contributed by atoms with Gasteiger partial charge in [0.15, 0.2) is 0 Å². The van der Waals surface area contributed by atoms with Crippen LogP contribution >= 0.6 is 23.2 Å². The molecule has 0 radical (unpaired) electrons. The lowest BCUT2D eigenvalue weighted by molar-refractivity contribution is -0.138. The molecule has 21 heavy (non-hydrogen) atoms. The molecule has 0 aromatic heterocycles. The Bertz CT molecular complexity index is 534. The van der Waals surface area contributed by atoms with Crippen molar-refractivity contribution in [1.29, 1.82) is 0 Å². The van der Waals surface area contributed by atoms with Crippen molar-refractivity contribution in [2.75, 3.05) is 32.7 Å². The van der Waals surface area contributed by atoms with Crippen molar-refractivity contribution < 1.29 is 14.3 Å². The van der Waals surface area contributed by atoms with Crippen LogP contribution < -0.4 is 0 Å². The predicted octanol–water partition coefficient (Wildman–Crippen LogP) is 2.90. The quantitative estimate of drug-likeness (QED) is 0.860. The van der Waals surface area contributed by atoms with Gasteiger partial charge in [0.1, 0.15) is 5.82 Å². The minimum Gasteiger partial charge on any atom is -0.480 e. The Balaban J connectivity index is 2.03. The van der Waals surface area contributed by atoms with Crippen LogP contribution in [0.5, 0.6) is 0 Å². The van der Waals surface area contributed by atoms with Crippen LogP contribution in [0, 0.1) is 5.82 Å². The van der Waals surface area contributed by atoms with Gasteiger partial charge in [0.05, 0.1) is 11.6 Å². The third-order valence-corrected chi connectivity index (χ3v) is 4.42. The lowest BCUT2D eigenvalue weighted by atomic mass is 10.1. The fraction of sp³-hybridized carbons (Fsp3) is 0.500. The molecule has 0 bridgehead atoms. The third-order valence-electron chi connectivity index (χ3n) is 3.80. The van der Waals surface area contributed by atoms with E-state index in [2.05, 4.69) is 4.90 Å². The van der Waals surface area contributed by atoms with Crippen LogP contribution in [0.25, 0.3) is 0 Å². The van der Waals surface area contributed by atoms with Crippen LogP contribution in [0.4, 0.5) is 4.39 Å². The van der Waals surface area contributed by atoms with E-state index in [4.69, 9.17) is 28.3 Å². The molecule has 1 aliphatic heterocycles. The molecule has 1 atom stereocenters. The zero-order chi connectivity index (χ0) is 15.6. The van der Waals surface area contributed by atoms with Crippen LogP contribution in [0.1, 0.15) is 18.5 Å². The van der Waals surface area contributed by atoms with Crippen molar-refractivity contribution in [2.24, 2.45) is 0 Å². The molecule has 0 saturated carbocycles. The smallest absolute Gasteiger partial charge is 0.317 e. The highest BCUT2D eigenvalue weighted by atomic mass is 35.5. The number of halogens is 3. The number of carboxylic acid groups (broad SMARTS) is 1. The SMILES string of the molecule is CC(c1cc(F)c(Cl)cc1Cl)N1CCN(CC(=O)O)CC1. The number of nitrogens with zero attached hydrogens (tertiary/aromatic N) is 2. The fourth-order valence-corrected chi connectivity index (χ4v) is 3.10. The first kappa shape index (κ1) is 16.5. The summed E-state index contributed by atoms with van der Waals surface area (Å²) in [6.45, 7) is 4.79. The van der Waals surface area contributed by atoms with Gasteiger partial charge in [0.2, 0.25) is 0 Å². The normalized spacial score (nSPS) is 18.7. The van der Waals surface area contributed by atoms with E-state index in [0.29, 0.717) is 23.7 Å². The number of aliphatic carboxylic acids is 1. The maximum absolute atomic E-state index is 13.6. The first-order valence-electron chi connectivity index (χ1n) is 6.71. The number of benzene rings is 1. The Labute approximate surface area is 133 Å². The maximum atomic E-state index is 13.6. The molecule has 2 rings (SSSR count). The molecule has 1 heterocycles. The van der Waals surface area contributed by atoms with E-state index in [9.17, 15) is 9.18 Å². The second kappa shape index (κ2) is 6.92. The molecule has 1 aromatic rings. The minimum absolute atomic E-state index is 0.0160. The fourth-order valence-electron chi connectivity index (χ4n) is 2.55. The number of carbonyl (C=O) groups is 1. The Morgan fingerprint density at radius 1 is 1.29 bits per heavy atom. The molecular formula is C14H17Cl2FN2O2. The zero-order valence-corrected chi connectivity index (χ0v) is 13.2. The maximum Gasteiger partial charge on any atom is 0.317 e. The summed E-state index contributed by atoms with van der Waals surface area (Å²) in [6, 6.07) is 2.75. The van der Waals surface area contributed by atoms with E-state index in [0.717, 1.165) is 13.1 Å². The van der Waals surface area contributed by atoms with Crippen LogP contribution in [-0.4, -0.2) is 53.6 Å². The predicted molar refractivity (Wildman–Crippen MR) is 80.5 cm³/mol. The minimum atomic E-state index is -0.820. The average Bonchev–Trinajstić information content (AvgIpc) is 2.42. The Hall–Kier alpha value is -0.880. The number of hydrogen-bond donors (Lipinski definition) is 1. The summed E-state index contributed by atoms with van der Waals surface area (Å²) in [5, 5.41) is 9.25. The monoisotopic (exact) mass is 334 g/mol. The first-order chi connectivity index (χ1) is 9.88. The summed E-state index contributed by atoms with van der Waals surface area (Å²) in [6.07, 6.45) is 0. The van der Waals surface area contributed by atoms with Crippen molar-refractivity contribution in [3.63, 3.8) is 0 Å².